The molecular formula is C28H31BrN4O2. The normalized spacial score (nSPS) is 13.9. The van der Waals surface area contributed by atoms with Crippen molar-refractivity contribution in [2.45, 2.75) is 27.7 Å². The molecule has 6 nitrogen and oxygen atoms in total. The van der Waals surface area contributed by atoms with Gasteiger partial charge in [-0.3, -0.25) is 19.3 Å². The molecule has 2 amide bonds. The molecule has 2 heterocycles. The van der Waals surface area contributed by atoms with Gasteiger partial charge in [-0.1, -0.05) is 54.0 Å². The number of benzene rings is 2. The molecule has 1 aliphatic rings. The van der Waals surface area contributed by atoms with Crippen LogP contribution in [0, 0.1) is 13.8 Å². The molecule has 4 rings (SSSR count). The van der Waals surface area contributed by atoms with Crippen LogP contribution in [0.5, 0.6) is 0 Å². The number of aromatic nitrogens is 1. The van der Waals surface area contributed by atoms with Crippen LogP contribution < -0.4 is 10.3 Å². The van der Waals surface area contributed by atoms with Gasteiger partial charge in [0.15, 0.2) is 0 Å². The van der Waals surface area contributed by atoms with Gasteiger partial charge in [0.1, 0.15) is 0 Å². The molecule has 0 atom stereocenters. The van der Waals surface area contributed by atoms with Gasteiger partial charge in [-0.05, 0) is 74.0 Å². The van der Waals surface area contributed by atoms with Gasteiger partial charge in [0.25, 0.3) is 5.91 Å². The molecule has 2 aromatic carbocycles. The number of nitrogens with one attached hydrogen (secondary N) is 1. The van der Waals surface area contributed by atoms with Crippen molar-refractivity contribution in [3.8, 4) is 11.1 Å². The van der Waals surface area contributed by atoms with E-state index in [1.54, 1.807) is 5.01 Å². The summed E-state index contributed by atoms with van der Waals surface area (Å²) in [6.45, 7) is 11.4. The van der Waals surface area contributed by atoms with Gasteiger partial charge in [-0.2, -0.15) is 0 Å². The van der Waals surface area contributed by atoms with Crippen molar-refractivity contribution >= 4 is 45.6 Å². The number of hydrogen-bond acceptors (Lipinski definition) is 3. The highest BCUT2D eigenvalue weighted by Gasteiger charge is 2.28. The summed E-state index contributed by atoms with van der Waals surface area (Å²) < 4.78 is 2.92. The summed E-state index contributed by atoms with van der Waals surface area (Å²) in [5.41, 5.74) is 7.07. The van der Waals surface area contributed by atoms with Crippen LogP contribution in [0.25, 0.3) is 22.8 Å². The first-order valence-electron chi connectivity index (χ1n) is 11.9. The van der Waals surface area contributed by atoms with Gasteiger partial charge < -0.3 is 10.2 Å². The largest absolute Gasteiger partial charge is 0.321 e. The molecule has 0 saturated carbocycles. The average Bonchev–Trinajstić information content (AvgIpc) is 3.32. The number of carbonyl (C=O) groups is 2. The summed E-state index contributed by atoms with van der Waals surface area (Å²) >= 11 is 3.50. The zero-order valence-corrected chi connectivity index (χ0v) is 22.2. The Labute approximate surface area is 215 Å². The number of halogens is 1. The average molecular weight is 535 g/mol. The number of likely N-dealkylation sites (N-methyl/N-ethyl adjacent to an activating group) is 1. The van der Waals surface area contributed by atoms with Crippen LogP contribution in [0.3, 0.4) is 0 Å². The number of amides is 2. The van der Waals surface area contributed by atoms with E-state index < -0.39 is 0 Å². The Kier molecular flexibility index (Phi) is 7.57. The number of anilines is 1. The molecule has 0 aliphatic carbocycles. The number of fused-ring (bicyclic) bond motifs is 1. The summed E-state index contributed by atoms with van der Waals surface area (Å²) in [5, 5.41) is 4.71. The summed E-state index contributed by atoms with van der Waals surface area (Å²) in [7, 11) is 0. The third-order valence-electron chi connectivity index (χ3n) is 6.57. The molecule has 3 aromatic rings. The minimum Gasteiger partial charge on any atom is -0.321 e. The van der Waals surface area contributed by atoms with Gasteiger partial charge in [-0.15, -0.1) is 0 Å². The van der Waals surface area contributed by atoms with Crippen molar-refractivity contribution in [1.82, 2.24) is 9.58 Å². The second kappa shape index (κ2) is 10.6. The number of rotatable bonds is 9. The van der Waals surface area contributed by atoms with E-state index in [0.717, 1.165) is 69.8 Å². The first-order chi connectivity index (χ1) is 16.9. The molecule has 35 heavy (non-hydrogen) atoms. The Morgan fingerprint density at radius 1 is 1.03 bits per heavy atom. The van der Waals surface area contributed by atoms with Crippen LogP contribution in [0.15, 0.2) is 53.0 Å². The molecule has 0 bridgehead atoms. The highest BCUT2D eigenvalue weighted by atomic mass is 79.9. The van der Waals surface area contributed by atoms with Gasteiger partial charge in [0.2, 0.25) is 6.41 Å². The fourth-order valence-corrected chi connectivity index (χ4v) is 4.96. The molecule has 0 spiro atoms. The number of carbonyl (C=O) groups excluding carboxylic acids is 2. The fourth-order valence-electron chi connectivity index (χ4n) is 4.70. The molecule has 0 saturated heterocycles. The Bertz CT molecular complexity index is 1270. The first kappa shape index (κ1) is 24.9. The van der Waals surface area contributed by atoms with Gasteiger partial charge in [0, 0.05) is 28.0 Å². The molecule has 7 heteroatoms. The van der Waals surface area contributed by atoms with E-state index in [0.29, 0.717) is 12.1 Å². The van der Waals surface area contributed by atoms with Crippen molar-refractivity contribution in [2.24, 2.45) is 0 Å². The Morgan fingerprint density at radius 2 is 1.74 bits per heavy atom. The SMILES string of the molecule is CCN(CC)CCN(C=O)n1c(C)cc(C)c1/C=C1\C(=O)Nc2cccc(-c3ccc(Br)cc3)c21. The maximum absolute atomic E-state index is 13.1. The van der Waals surface area contributed by atoms with E-state index in [1.165, 1.54) is 0 Å². The van der Waals surface area contributed by atoms with E-state index in [9.17, 15) is 9.59 Å². The third kappa shape index (κ3) is 4.97. The van der Waals surface area contributed by atoms with E-state index in [2.05, 4.69) is 46.1 Å². The molecule has 1 aliphatic heterocycles. The maximum Gasteiger partial charge on any atom is 0.256 e. The minimum atomic E-state index is -0.143. The summed E-state index contributed by atoms with van der Waals surface area (Å²) in [5.74, 6) is -0.143. The standard InChI is InChI=1S/C28H31BrN4O2/c1-5-31(6-2)14-15-32(18-34)33-20(4)16-19(3)26(33)17-24-27-23(21-10-12-22(29)13-11-21)8-7-9-25(27)30-28(24)35/h7-13,16-18H,5-6,14-15H2,1-4H3,(H,30,35)/b24-17-. The van der Waals surface area contributed by atoms with E-state index in [1.807, 2.05) is 67.1 Å². The molecular weight excluding hydrogens is 504 g/mol. The van der Waals surface area contributed by atoms with Crippen LogP contribution in [0.1, 0.15) is 36.4 Å². The Morgan fingerprint density at radius 3 is 2.40 bits per heavy atom. The van der Waals surface area contributed by atoms with Crippen LogP contribution in [0.2, 0.25) is 0 Å². The summed E-state index contributed by atoms with van der Waals surface area (Å²) in [6.07, 6.45) is 2.79. The lowest BCUT2D eigenvalue weighted by Gasteiger charge is -2.26. The predicted octanol–water partition coefficient (Wildman–Crippen LogP) is 5.46. The highest BCUT2D eigenvalue weighted by molar-refractivity contribution is 9.10. The van der Waals surface area contributed by atoms with Crippen molar-refractivity contribution in [3.63, 3.8) is 0 Å². The zero-order chi connectivity index (χ0) is 25.1. The molecule has 182 valence electrons. The lowest BCUT2D eigenvalue weighted by molar-refractivity contribution is -0.111. The maximum atomic E-state index is 13.1. The summed E-state index contributed by atoms with van der Waals surface area (Å²) in [6, 6.07) is 16.1. The first-order valence-corrected chi connectivity index (χ1v) is 12.7. The Hall–Kier alpha value is -3.16. The smallest absolute Gasteiger partial charge is 0.256 e. The van der Waals surface area contributed by atoms with Crippen molar-refractivity contribution < 1.29 is 9.59 Å². The second-order valence-electron chi connectivity index (χ2n) is 8.71. The van der Waals surface area contributed by atoms with Crippen molar-refractivity contribution in [3.05, 3.63) is 75.5 Å². The van der Waals surface area contributed by atoms with Crippen molar-refractivity contribution in [2.75, 3.05) is 36.5 Å². The molecule has 1 aromatic heterocycles. The predicted molar refractivity (Wildman–Crippen MR) is 147 cm³/mol. The molecule has 0 radical (unpaired) electrons. The van der Waals surface area contributed by atoms with Gasteiger partial charge >= 0.3 is 0 Å². The van der Waals surface area contributed by atoms with E-state index in [4.69, 9.17) is 0 Å². The monoisotopic (exact) mass is 534 g/mol. The third-order valence-corrected chi connectivity index (χ3v) is 7.10. The number of nitrogens with zero attached hydrogens (tertiary/aromatic N) is 3. The van der Waals surface area contributed by atoms with Gasteiger partial charge in [-0.25, -0.2) is 0 Å². The minimum absolute atomic E-state index is 0.143. The van der Waals surface area contributed by atoms with Crippen LogP contribution >= 0.6 is 15.9 Å². The fraction of sp³-hybridized carbons (Fsp3) is 0.286. The number of hydrogen-bond donors (Lipinski definition) is 1. The van der Waals surface area contributed by atoms with Crippen molar-refractivity contribution in [1.29, 1.82) is 0 Å². The molecule has 1 N–H and O–H groups in total. The van der Waals surface area contributed by atoms with Crippen LogP contribution in [-0.2, 0) is 9.59 Å². The van der Waals surface area contributed by atoms with E-state index >= 15 is 0 Å². The van der Waals surface area contributed by atoms with E-state index in [-0.39, 0.29) is 5.91 Å². The quantitative estimate of drug-likeness (QED) is 0.292. The zero-order valence-electron chi connectivity index (χ0n) is 20.6. The topological polar surface area (TPSA) is 57.6 Å². The lowest BCUT2D eigenvalue weighted by atomic mass is 9.94. The summed E-state index contributed by atoms with van der Waals surface area (Å²) in [4.78, 5) is 27.6. The second-order valence-corrected chi connectivity index (χ2v) is 9.62. The molecule has 0 fully saturated rings. The lowest BCUT2D eigenvalue weighted by Crippen LogP contribution is -2.41. The van der Waals surface area contributed by atoms with Crippen LogP contribution in [-0.4, -0.2) is 48.1 Å². The van der Waals surface area contributed by atoms with Crippen LogP contribution in [0.4, 0.5) is 5.69 Å². The highest BCUT2D eigenvalue weighted by Crippen LogP contribution is 2.41. The van der Waals surface area contributed by atoms with Gasteiger partial charge in [0.05, 0.1) is 17.8 Å². The molecule has 0 unspecified atom stereocenters. The Balaban J connectivity index is 1.80. The number of aryl methyl sites for hydroxylation is 2.